The van der Waals surface area contributed by atoms with Gasteiger partial charge in [0.2, 0.25) is 0 Å². The zero-order valence-corrected chi connectivity index (χ0v) is 7.01. The molecule has 0 N–H and O–H groups in total. The van der Waals surface area contributed by atoms with Gasteiger partial charge in [0.1, 0.15) is 0 Å². The lowest BCUT2D eigenvalue weighted by Gasteiger charge is -2.12. The Bertz CT molecular complexity index is 79.5. The quantitative estimate of drug-likeness (QED) is 0.591. The van der Waals surface area contributed by atoms with Crippen LogP contribution in [-0.4, -0.2) is 30.1 Å². The summed E-state index contributed by atoms with van der Waals surface area (Å²) in [6, 6.07) is 0. The second-order valence-electron chi connectivity index (χ2n) is 2.17. The first-order valence-corrected chi connectivity index (χ1v) is 3.39. The van der Waals surface area contributed by atoms with E-state index < -0.39 is 4.59 Å². The maximum Gasteiger partial charge on any atom is 0.258 e. The van der Waals surface area contributed by atoms with Gasteiger partial charge in [0.25, 0.3) is 4.59 Å². The van der Waals surface area contributed by atoms with Crippen LogP contribution in [0.3, 0.4) is 0 Å². The second kappa shape index (κ2) is 3.59. The van der Waals surface area contributed by atoms with Crippen molar-refractivity contribution in [1.29, 1.82) is 0 Å². The van der Waals surface area contributed by atoms with Crippen molar-refractivity contribution in [3.63, 3.8) is 0 Å². The molecule has 0 saturated carbocycles. The monoisotopic (exact) mass is 173 g/mol. The molecule has 0 aromatic carbocycles. The predicted molar refractivity (Wildman–Crippen MR) is 38.7 cm³/mol. The molecule has 0 aliphatic heterocycles. The Balaban J connectivity index is 3.28. The Labute approximate surface area is 64.7 Å². The molecule has 0 bridgehead atoms. The molecule has 0 aliphatic carbocycles. The molecule has 0 rings (SSSR count). The van der Waals surface area contributed by atoms with Gasteiger partial charge in [0.15, 0.2) is 0 Å². The summed E-state index contributed by atoms with van der Waals surface area (Å²) in [4.78, 5) is 1.82. The van der Waals surface area contributed by atoms with Crippen molar-refractivity contribution in [2.45, 2.75) is 11.0 Å². The molecule has 56 valence electrons. The Hall–Kier alpha value is 0.470. The predicted octanol–water partition coefficient (Wildman–Crippen LogP) is 2.04. The van der Waals surface area contributed by atoms with Crippen LogP contribution in [0, 0.1) is 0 Å². The normalized spacial score (nSPS) is 12.7. The summed E-state index contributed by atoms with van der Waals surface area (Å²) in [5, 5.41) is 0. The topological polar surface area (TPSA) is 3.24 Å². The van der Waals surface area contributed by atoms with Crippen molar-refractivity contribution < 1.29 is 4.39 Å². The lowest BCUT2D eigenvalue weighted by Crippen LogP contribution is -2.19. The standard InChI is InChI=1S/C5H10Cl2FN/c1-9(2)4-3-5(6,7)8/h3-4H2,1-2H3. The van der Waals surface area contributed by atoms with Gasteiger partial charge >= 0.3 is 0 Å². The third-order valence-corrected chi connectivity index (χ3v) is 1.22. The highest BCUT2D eigenvalue weighted by Crippen LogP contribution is 2.26. The molecule has 0 unspecified atom stereocenters. The van der Waals surface area contributed by atoms with Gasteiger partial charge < -0.3 is 4.90 Å². The zero-order chi connectivity index (χ0) is 7.49. The minimum Gasteiger partial charge on any atom is -0.309 e. The van der Waals surface area contributed by atoms with Crippen molar-refractivity contribution in [2.24, 2.45) is 0 Å². The number of rotatable bonds is 3. The molecule has 0 amide bonds. The van der Waals surface area contributed by atoms with Gasteiger partial charge in [-0.2, -0.15) is 0 Å². The van der Waals surface area contributed by atoms with Crippen LogP contribution in [0.15, 0.2) is 0 Å². The van der Waals surface area contributed by atoms with Crippen molar-refractivity contribution >= 4 is 23.2 Å². The van der Waals surface area contributed by atoms with E-state index in [1.807, 2.05) is 19.0 Å². The fourth-order valence-corrected chi connectivity index (χ4v) is 0.519. The maximum absolute atomic E-state index is 12.3. The molecule has 0 atom stereocenters. The van der Waals surface area contributed by atoms with Crippen molar-refractivity contribution in [2.75, 3.05) is 20.6 Å². The summed E-state index contributed by atoms with van der Waals surface area (Å²) in [6.07, 6.45) is 0.142. The summed E-state index contributed by atoms with van der Waals surface area (Å²) >= 11 is 10.1. The second-order valence-corrected chi connectivity index (χ2v) is 3.56. The third kappa shape index (κ3) is 8.47. The molecule has 0 fully saturated rings. The van der Waals surface area contributed by atoms with E-state index in [0.717, 1.165) is 0 Å². The molecule has 4 heteroatoms. The first-order valence-electron chi connectivity index (χ1n) is 2.63. The number of nitrogens with zero attached hydrogens (tertiary/aromatic N) is 1. The summed E-state index contributed by atoms with van der Waals surface area (Å²) in [5.41, 5.74) is 0. The molecule has 0 heterocycles. The Morgan fingerprint density at radius 3 is 2.00 bits per heavy atom. The molecular weight excluding hydrogens is 164 g/mol. The highest BCUT2D eigenvalue weighted by Gasteiger charge is 2.21. The maximum atomic E-state index is 12.3. The average molecular weight is 174 g/mol. The minimum atomic E-state index is -2.07. The molecule has 0 spiro atoms. The number of hydrogen-bond acceptors (Lipinski definition) is 1. The highest BCUT2D eigenvalue weighted by molar-refractivity contribution is 6.47. The first-order chi connectivity index (χ1) is 3.92. The van der Waals surface area contributed by atoms with Gasteiger partial charge in [-0.15, -0.1) is 0 Å². The van der Waals surface area contributed by atoms with E-state index in [1.54, 1.807) is 0 Å². The SMILES string of the molecule is CN(C)CCC(F)(Cl)Cl. The molecule has 0 aromatic rings. The van der Waals surface area contributed by atoms with Gasteiger partial charge in [0, 0.05) is 13.0 Å². The zero-order valence-electron chi connectivity index (χ0n) is 5.50. The van der Waals surface area contributed by atoms with Crippen LogP contribution >= 0.6 is 23.2 Å². The molecule has 0 saturated heterocycles. The van der Waals surface area contributed by atoms with Crippen LogP contribution in [0.5, 0.6) is 0 Å². The molecule has 9 heavy (non-hydrogen) atoms. The summed E-state index contributed by atoms with van der Waals surface area (Å²) in [7, 11) is 3.67. The highest BCUT2D eigenvalue weighted by atomic mass is 35.5. The Morgan fingerprint density at radius 2 is 1.89 bits per heavy atom. The van der Waals surface area contributed by atoms with Crippen LogP contribution in [0.2, 0.25) is 0 Å². The van der Waals surface area contributed by atoms with E-state index in [1.165, 1.54) is 0 Å². The minimum absolute atomic E-state index is 0.142. The van der Waals surface area contributed by atoms with Crippen molar-refractivity contribution in [3.8, 4) is 0 Å². The van der Waals surface area contributed by atoms with E-state index in [-0.39, 0.29) is 6.42 Å². The van der Waals surface area contributed by atoms with Gasteiger partial charge in [0.05, 0.1) is 0 Å². The van der Waals surface area contributed by atoms with Crippen LogP contribution < -0.4 is 0 Å². The van der Waals surface area contributed by atoms with Gasteiger partial charge in [-0.25, -0.2) is 4.39 Å². The number of halogens is 3. The molecule has 0 radical (unpaired) electrons. The Morgan fingerprint density at radius 1 is 1.44 bits per heavy atom. The van der Waals surface area contributed by atoms with E-state index in [4.69, 9.17) is 23.2 Å². The summed E-state index contributed by atoms with van der Waals surface area (Å²) in [6.45, 7) is 0.559. The number of alkyl halides is 3. The van der Waals surface area contributed by atoms with Crippen LogP contribution in [-0.2, 0) is 0 Å². The largest absolute Gasteiger partial charge is 0.309 e. The van der Waals surface area contributed by atoms with Crippen molar-refractivity contribution in [1.82, 2.24) is 4.90 Å². The molecule has 0 aliphatic rings. The molecular formula is C5H10Cl2FN. The fraction of sp³-hybridized carbons (Fsp3) is 1.00. The third-order valence-electron chi connectivity index (χ3n) is 0.842. The molecule has 0 aromatic heterocycles. The first kappa shape index (κ1) is 9.47. The lowest BCUT2D eigenvalue weighted by molar-refractivity contribution is 0.309. The van der Waals surface area contributed by atoms with Gasteiger partial charge in [-0.05, 0) is 14.1 Å². The Kier molecular flexibility index (Phi) is 3.78. The van der Waals surface area contributed by atoms with E-state index in [9.17, 15) is 4.39 Å². The van der Waals surface area contributed by atoms with Crippen molar-refractivity contribution in [3.05, 3.63) is 0 Å². The average Bonchev–Trinajstić information content (AvgIpc) is 1.59. The smallest absolute Gasteiger partial charge is 0.258 e. The van der Waals surface area contributed by atoms with Crippen LogP contribution in [0.4, 0.5) is 4.39 Å². The van der Waals surface area contributed by atoms with Crippen LogP contribution in [0.1, 0.15) is 6.42 Å². The van der Waals surface area contributed by atoms with Gasteiger partial charge in [-0.1, -0.05) is 23.2 Å². The summed E-state index contributed by atoms with van der Waals surface area (Å²) in [5.74, 6) is 0. The van der Waals surface area contributed by atoms with E-state index in [2.05, 4.69) is 0 Å². The van der Waals surface area contributed by atoms with Crippen LogP contribution in [0.25, 0.3) is 0 Å². The fourth-order valence-electron chi connectivity index (χ4n) is 0.350. The number of hydrogen-bond donors (Lipinski definition) is 0. The lowest BCUT2D eigenvalue weighted by atomic mass is 10.4. The van der Waals surface area contributed by atoms with E-state index >= 15 is 0 Å². The summed E-state index contributed by atoms with van der Waals surface area (Å²) < 4.78 is 10.2. The molecule has 1 nitrogen and oxygen atoms in total. The van der Waals surface area contributed by atoms with E-state index in [0.29, 0.717) is 6.54 Å². The van der Waals surface area contributed by atoms with Gasteiger partial charge in [-0.3, -0.25) is 0 Å².